The number of hydrogen-bond donors (Lipinski definition) is 1. The van der Waals surface area contributed by atoms with Crippen LogP contribution >= 0.6 is 0 Å². The SMILES string of the molecule is C[C@@H](CC(=O)N[C@H]1CCOc2ccccc21)n1cccc1. The zero-order valence-electron chi connectivity index (χ0n) is 12.2. The first kappa shape index (κ1) is 13.7. The van der Waals surface area contributed by atoms with E-state index in [0.29, 0.717) is 13.0 Å². The maximum absolute atomic E-state index is 12.3. The monoisotopic (exact) mass is 284 g/mol. The van der Waals surface area contributed by atoms with E-state index in [9.17, 15) is 4.79 Å². The molecule has 2 aromatic rings. The summed E-state index contributed by atoms with van der Waals surface area (Å²) in [6.07, 6.45) is 5.28. The smallest absolute Gasteiger partial charge is 0.222 e. The van der Waals surface area contributed by atoms with E-state index < -0.39 is 0 Å². The highest BCUT2D eigenvalue weighted by Crippen LogP contribution is 2.31. The predicted octanol–water partition coefficient (Wildman–Crippen LogP) is 3.08. The fourth-order valence-electron chi connectivity index (χ4n) is 2.76. The maximum atomic E-state index is 12.3. The minimum atomic E-state index is 0.0549. The number of aromatic nitrogens is 1. The lowest BCUT2D eigenvalue weighted by molar-refractivity contribution is -0.122. The molecule has 1 aliphatic heterocycles. The predicted molar refractivity (Wildman–Crippen MR) is 81.2 cm³/mol. The Kier molecular flexibility index (Phi) is 3.95. The summed E-state index contributed by atoms with van der Waals surface area (Å²) >= 11 is 0. The number of amides is 1. The van der Waals surface area contributed by atoms with Gasteiger partial charge in [-0.05, 0) is 25.1 Å². The van der Waals surface area contributed by atoms with Gasteiger partial charge in [-0.3, -0.25) is 4.79 Å². The molecule has 21 heavy (non-hydrogen) atoms. The third-order valence-electron chi connectivity index (χ3n) is 3.91. The molecular formula is C17H20N2O2. The topological polar surface area (TPSA) is 43.3 Å². The molecule has 0 unspecified atom stereocenters. The number of carbonyl (C=O) groups is 1. The van der Waals surface area contributed by atoms with E-state index in [1.807, 2.05) is 48.8 Å². The highest BCUT2D eigenvalue weighted by atomic mass is 16.5. The Labute approximate surface area is 124 Å². The lowest BCUT2D eigenvalue weighted by Gasteiger charge is -2.27. The Morgan fingerprint density at radius 2 is 2.10 bits per heavy atom. The van der Waals surface area contributed by atoms with Crippen LogP contribution in [0.4, 0.5) is 0 Å². The average Bonchev–Trinajstić information content (AvgIpc) is 3.02. The van der Waals surface area contributed by atoms with E-state index in [0.717, 1.165) is 17.7 Å². The van der Waals surface area contributed by atoms with Crippen molar-refractivity contribution >= 4 is 5.91 Å². The van der Waals surface area contributed by atoms with Crippen LogP contribution in [0.25, 0.3) is 0 Å². The summed E-state index contributed by atoms with van der Waals surface area (Å²) in [6, 6.07) is 12.1. The number of nitrogens with one attached hydrogen (secondary N) is 1. The van der Waals surface area contributed by atoms with Crippen molar-refractivity contribution in [2.75, 3.05) is 6.61 Å². The van der Waals surface area contributed by atoms with Crippen LogP contribution in [0.5, 0.6) is 5.75 Å². The summed E-state index contributed by atoms with van der Waals surface area (Å²) in [6.45, 7) is 2.70. The first-order chi connectivity index (χ1) is 10.2. The third-order valence-corrected chi connectivity index (χ3v) is 3.91. The number of ether oxygens (including phenoxy) is 1. The molecule has 4 heteroatoms. The van der Waals surface area contributed by atoms with Gasteiger partial charge in [-0.1, -0.05) is 18.2 Å². The van der Waals surface area contributed by atoms with Gasteiger partial charge >= 0.3 is 0 Å². The van der Waals surface area contributed by atoms with Crippen LogP contribution in [0.3, 0.4) is 0 Å². The molecule has 1 amide bonds. The molecule has 0 saturated carbocycles. The number of fused-ring (bicyclic) bond motifs is 1. The van der Waals surface area contributed by atoms with Crippen molar-refractivity contribution in [3.05, 3.63) is 54.4 Å². The second-order valence-electron chi connectivity index (χ2n) is 5.48. The number of para-hydroxylation sites is 1. The van der Waals surface area contributed by atoms with E-state index in [1.165, 1.54) is 0 Å². The quantitative estimate of drug-likeness (QED) is 0.937. The molecule has 1 aliphatic rings. The second-order valence-corrected chi connectivity index (χ2v) is 5.48. The number of carbonyl (C=O) groups excluding carboxylic acids is 1. The number of hydrogen-bond acceptors (Lipinski definition) is 2. The van der Waals surface area contributed by atoms with E-state index in [2.05, 4.69) is 16.8 Å². The zero-order valence-corrected chi connectivity index (χ0v) is 12.2. The summed E-state index contributed by atoms with van der Waals surface area (Å²) in [5.41, 5.74) is 1.07. The third kappa shape index (κ3) is 3.10. The van der Waals surface area contributed by atoms with Gasteiger partial charge in [0.2, 0.25) is 5.91 Å². The van der Waals surface area contributed by atoms with Crippen molar-refractivity contribution < 1.29 is 9.53 Å². The molecule has 1 aromatic heterocycles. The van der Waals surface area contributed by atoms with Gasteiger partial charge in [0.05, 0.1) is 12.6 Å². The van der Waals surface area contributed by atoms with Gasteiger partial charge in [-0.25, -0.2) is 0 Å². The molecular weight excluding hydrogens is 264 g/mol. The van der Waals surface area contributed by atoms with Crippen molar-refractivity contribution in [1.82, 2.24) is 9.88 Å². The van der Waals surface area contributed by atoms with Gasteiger partial charge in [-0.15, -0.1) is 0 Å². The van der Waals surface area contributed by atoms with Crippen molar-refractivity contribution in [2.45, 2.75) is 31.8 Å². The molecule has 110 valence electrons. The summed E-state index contributed by atoms with van der Waals surface area (Å²) in [7, 11) is 0. The number of rotatable bonds is 4. The van der Waals surface area contributed by atoms with Crippen LogP contribution in [0.15, 0.2) is 48.8 Å². The zero-order chi connectivity index (χ0) is 14.7. The minimum Gasteiger partial charge on any atom is -0.493 e. The number of benzene rings is 1. The van der Waals surface area contributed by atoms with Crippen molar-refractivity contribution in [3.8, 4) is 5.75 Å². The fraction of sp³-hybridized carbons (Fsp3) is 0.353. The Bertz CT molecular complexity index is 607. The van der Waals surface area contributed by atoms with Gasteiger partial charge < -0.3 is 14.6 Å². The van der Waals surface area contributed by atoms with Crippen LogP contribution in [0, 0.1) is 0 Å². The highest BCUT2D eigenvalue weighted by molar-refractivity contribution is 5.77. The lowest BCUT2D eigenvalue weighted by atomic mass is 10.0. The van der Waals surface area contributed by atoms with Gasteiger partial charge in [-0.2, -0.15) is 0 Å². The van der Waals surface area contributed by atoms with Crippen molar-refractivity contribution in [3.63, 3.8) is 0 Å². The Hall–Kier alpha value is -2.23. The molecule has 2 atom stereocenters. The molecule has 0 fully saturated rings. The molecule has 0 spiro atoms. The van der Waals surface area contributed by atoms with Crippen LogP contribution in [0.1, 0.15) is 37.4 Å². The Morgan fingerprint density at radius 1 is 1.33 bits per heavy atom. The molecule has 3 rings (SSSR count). The molecule has 0 radical (unpaired) electrons. The van der Waals surface area contributed by atoms with Gasteiger partial charge in [0.15, 0.2) is 0 Å². The summed E-state index contributed by atoms with van der Waals surface area (Å²) in [5.74, 6) is 0.963. The van der Waals surface area contributed by atoms with E-state index in [-0.39, 0.29) is 18.0 Å². The van der Waals surface area contributed by atoms with E-state index in [1.54, 1.807) is 0 Å². The van der Waals surface area contributed by atoms with Crippen molar-refractivity contribution in [1.29, 1.82) is 0 Å². The first-order valence-electron chi connectivity index (χ1n) is 7.37. The highest BCUT2D eigenvalue weighted by Gasteiger charge is 2.23. The Morgan fingerprint density at radius 3 is 2.90 bits per heavy atom. The molecule has 2 heterocycles. The van der Waals surface area contributed by atoms with E-state index in [4.69, 9.17) is 4.74 Å². The molecule has 1 aromatic carbocycles. The normalized spacial score (nSPS) is 18.4. The Balaban J connectivity index is 1.63. The van der Waals surface area contributed by atoms with Crippen LogP contribution in [0.2, 0.25) is 0 Å². The van der Waals surface area contributed by atoms with Gasteiger partial charge in [0.25, 0.3) is 0 Å². The molecule has 0 bridgehead atoms. The fourth-order valence-corrected chi connectivity index (χ4v) is 2.76. The maximum Gasteiger partial charge on any atom is 0.222 e. The molecule has 0 aliphatic carbocycles. The van der Waals surface area contributed by atoms with Gasteiger partial charge in [0, 0.05) is 36.8 Å². The largest absolute Gasteiger partial charge is 0.493 e. The van der Waals surface area contributed by atoms with Crippen LogP contribution in [-0.4, -0.2) is 17.1 Å². The number of nitrogens with zero attached hydrogens (tertiary/aromatic N) is 1. The van der Waals surface area contributed by atoms with Gasteiger partial charge in [0.1, 0.15) is 5.75 Å². The van der Waals surface area contributed by atoms with Crippen LogP contribution in [-0.2, 0) is 4.79 Å². The molecule has 0 saturated heterocycles. The first-order valence-corrected chi connectivity index (χ1v) is 7.37. The summed E-state index contributed by atoms with van der Waals surface area (Å²) in [4.78, 5) is 12.3. The average molecular weight is 284 g/mol. The summed E-state index contributed by atoms with van der Waals surface area (Å²) < 4.78 is 7.67. The molecule has 1 N–H and O–H groups in total. The van der Waals surface area contributed by atoms with Crippen molar-refractivity contribution in [2.24, 2.45) is 0 Å². The second kappa shape index (κ2) is 6.04. The minimum absolute atomic E-state index is 0.0549. The molecule has 4 nitrogen and oxygen atoms in total. The summed E-state index contributed by atoms with van der Waals surface area (Å²) in [5, 5.41) is 3.14. The lowest BCUT2D eigenvalue weighted by Crippen LogP contribution is -2.33. The van der Waals surface area contributed by atoms with E-state index >= 15 is 0 Å². The standard InChI is InChI=1S/C17H20N2O2/c1-13(19-9-4-5-10-19)12-17(20)18-15-8-11-21-16-7-3-2-6-14(15)16/h2-7,9-10,13,15H,8,11-12H2,1H3,(H,18,20)/t13-,15-/m0/s1. The van der Waals surface area contributed by atoms with Crippen LogP contribution < -0.4 is 10.1 Å².